The van der Waals surface area contributed by atoms with E-state index in [4.69, 9.17) is 5.73 Å². The monoisotopic (exact) mass is 283 g/mol. The number of aryl methyl sites for hydroxylation is 2. The van der Waals surface area contributed by atoms with Crippen LogP contribution >= 0.6 is 11.8 Å². The Bertz CT molecular complexity index is 577. The van der Waals surface area contributed by atoms with Crippen LogP contribution in [0.3, 0.4) is 0 Å². The van der Waals surface area contributed by atoms with E-state index in [0.717, 1.165) is 0 Å². The number of hydrogen-bond donors (Lipinski definition) is 1. The molecule has 2 N–H and O–H groups in total. The molecule has 0 fully saturated rings. The minimum Gasteiger partial charge on any atom is -0.327 e. The second-order valence-corrected chi connectivity index (χ2v) is 6.81. The van der Waals surface area contributed by atoms with Crippen molar-refractivity contribution in [3.8, 4) is 0 Å². The van der Waals surface area contributed by atoms with Gasteiger partial charge in [0.05, 0.1) is 0 Å². The van der Waals surface area contributed by atoms with Gasteiger partial charge in [0.1, 0.15) is 0 Å². The van der Waals surface area contributed by atoms with Crippen molar-refractivity contribution < 1.29 is 0 Å². The third-order valence-electron chi connectivity index (χ3n) is 3.94. The van der Waals surface area contributed by atoms with Crippen LogP contribution in [-0.2, 0) is 12.8 Å². The maximum atomic E-state index is 6.21. The van der Waals surface area contributed by atoms with Crippen molar-refractivity contribution in [1.82, 2.24) is 0 Å². The van der Waals surface area contributed by atoms with Crippen molar-refractivity contribution >= 4 is 11.8 Å². The molecule has 0 radical (unpaired) electrons. The van der Waals surface area contributed by atoms with E-state index in [-0.39, 0.29) is 6.04 Å². The van der Waals surface area contributed by atoms with Gasteiger partial charge in [-0.25, -0.2) is 0 Å². The first kappa shape index (κ1) is 13.7. The molecule has 1 nitrogen and oxygen atoms in total. The minimum atomic E-state index is 0.135. The zero-order valence-electron chi connectivity index (χ0n) is 11.9. The molecule has 0 aromatic heterocycles. The van der Waals surface area contributed by atoms with E-state index in [1.807, 2.05) is 11.8 Å². The average Bonchev–Trinajstić information content (AvgIpc) is 2.93. The van der Waals surface area contributed by atoms with Crippen LogP contribution in [0.1, 0.15) is 35.3 Å². The number of nitrogens with two attached hydrogens (primary N) is 1. The van der Waals surface area contributed by atoms with Gasteiger partial charge in [-0.05, 0) is 55.0 Å². The summed E-state index contributed by atoms with van der Waals surface area (Å²) >= 11 is 1.89. The van der Waals surface area contributed by atoms with Gasteiger partial charge in [-0.15, -0.1) is 11.8 Å². The molecule has 0 spiro atoms. The molecule has 2 aromatic rings. The van der Waals surface area contributed by atoms with E-state index >= 15 is 0 Å². The van der Waals surface area contributed by atoms with Crippen LogP contribution in [0.25, 0.3) is 0 Å². The maximum Gasteiger partial charge on any atom is 0.0492 e. The van der Waals surface area contributed by atoms with Gasteiger partial charge in [0.2, 0.25) is 0 Å². The molecule has 104 valence electrons. The van der Waals surface area contributed by atoms with Gasteiger partial charge in [0.25, 0.3) is 0 Å². The maximum absolute atomic E-state index is 6.21. The zero-order valence-corrected chi connectivity index (χ0v) is 12.7. The van der Waals surface area contributed by atoms with Crippen molar-refractivity contribution in [3.05, 3.63) is 65.2 Å². The van der Waals surface area contributed by atoms with Gasteiger partial charge in [0.15, 0.2) is 0 Å². The van der Waals surface area contributed by atoms with Gasteiger partial charge in [-0.1, -0.05) is 36.4 Å². The lowest BCUT2D eigenvalue weighted by molar-refractivity contribution is 0.721. The normalized spacial score (nSPS) is 16.7. The fourth-order valence-corrected chi connectivity index (χ4v) is 4.05. The van der Waals surface area contributed by atoms with Gasteiger partial charge in [-0.2, -0.15) is 0 Å². The summed E-state index contributed by atoms with van der Waals surface area (Å²) in [6, 6.07) is 17.6. The molecular weight excluding hydrogens is 262 g/mol. The second-order valence-electron chi connectivity index (χ2n) is 5.59. The summed E-state index contributed by atoms with van der Waals surface area (Å²) in [4.78, 5) is 1.34. The van der Waals surface area contributed by atoms with E-state index < -0.39 is 0 Å². The molecule has 0 heterocycles. The molecular formula is C18H21NS. The fourth-order valence-electron chi connectivity index (χ4n) is 2.89. The lowest BCUT2D eigenvalue weighted by Crippen LogP contribution is -2.22. The summed E-state index contributed by atoms with van der Waals surface area (Å²) in [5.74, 6) is 0. The summed E-state index contributed by atoms with van der Waals surface area (Å²) < 4.78 is 0. The highest BCUT2D eigenvalue weighted by Crippen LogP contribution is 2.38. The van der Waals surface area contributed by atoms with E-state index in [2.05, 4.69) is 55.5 Å². The van der Waals surface area contributed by atoms with Crippen LogP contribution in [-0.4, -0.2) is 6.04 Å². The van der Waals surface area contributed by atoms with Crippen LogP contribution in [0.4, 0.5) is 0 Å². The fraction of sp³-hybridized carbons (Fsp3) is 0.333. The summed E-state index contributed by atoms with van der Waals surface area (Å²) in [6.45, 7) is 2.10. The molecule has 0 bridgehead atoms. The minimum absolute atomic E-state index is 0.135. The zero-order chi connectivity index (χ0) is 13.9. The van der Waals surface area contributed by atoms with Crippen molar-refractivity contribution in [2.24, 2.45) is 5.73 Å². The number of benzene rings is 2. The Morgan fingerprint density at radius 1 is 1.00 bits per heavy atom. The van der Waals surface area contributed by atoms with Crippen LogP contribution in [0, 0.1) is 0 Å². The molecule has 3 rings (SSSR count). The highest BCUT2D eigenvalue weighted by atomic mass is 32.2. The molecule has 2 heteroatoms. The summed E-state index contributed by atoms with van der Waals surface area (Å²) in [7, 11) is 0. The number of hydrogen-bond acceptors (Lipinski definition) is 2. The topological polar surface area (TPSA) is 26.0 Å². The molecule has 2 unspecified atom stereocenters. The van der Waals surface area contributed by atoms with Crippen LogP contribution in [0.5, 0.6) is 0 Å². The summed E-state index contributed by atoms with van der Waals surface area (Å²) in [5, 5.41) is 0.315. The average molecular weight is 283 g/mol. The first-order chi connectivity index (χ1) is 9.74. The predicted octanol–water partition coefficient (Wildman–Crippen LogP) is 4.36. The molecule has 0 saturated heterocycles. The lowest BCUT2D eigenvalue weighted by atomic mass is 10.1. The predicted molar refractivity (Wildman–Crippen MR) is 87.2 cm³/mol. The van der Waals surface area contributed by atoms with Crippen molar-refractivity contribution in [3.63, 3.8) is 0 Å². The molecule has 0 amide bonds. The Morgan fingerprint density at radius 2 is 1.75 bits per heavy atom. The summed E-state index contributed by atoms with van der Waals surface area (Å²) in [5.41, 5.74) is 10.6. The quantitative estimate of drug-likeness (QED) is 0.844. The molecule has 0 saturated carbocycles. The highest BCUT2D eigenvalue weighted by Gasteiger charge is 2.19. The van der Waals surface area contributed by atoms with E-state index in [1.165, 1.54) is 40.8 Å². The third-order valence-corrected chi connectivity index (χ3v) is 5.42. The van der Waals surface area contributed by atoms with Crippen LogP contribution in [0.15, 0.2) is 53.4 Å². The Morgan fingerprint density at radius 3 is 2.50 bits per heavy atom. The SMILES string of the molecule is CC(N)C(Sc1ccc2c(c1)CCC2)c1ccccc1. The van der Waals surface area contributed by atoms with Crippen LogP contribution < -0.4 is 5.73 Å². The molecule has 20 heavy (non-hydrogen) atoms. The van der Waals surface area contributed by atoms with Gasteiger partial charge < -0.3 is 5.73 Å². The van der Waals surface area contributed by atoms with E-state index in [9.17, 15) is 0 Å². The Hall–Kier alpha value is -1.25. The lowest BCUT2D eigenvalue weighted by Gasteiger charge is -2.21. The Kier molecular flexibility index (Phi) is 4.13. The van der Waals surface area contributed by atoms with Crippen molar-refractivity contribution in [1.29, 1.82) is 0 Å². The molecule has 0 aliphatic heterocycles. The first-order valence-electron chi connectivity index (χ1n) is 7.33. The van der Waals surface area contributed by atoms with Gasteiger partial charge in [0, 0.05) is 16.2 Å². The Balaban J connectivity index is 1.84. The Labute approximate surface area is 125 Å². The molecule has 2 atom stereocenters. The summed E-state index contributed by atoms with van der Waals surface area (Å²) in [6.07, 6.45) is 3.78. The first-order valence-corrected chi connectivity index (χ1v) is 8.21. The van der Waals surface area contributed by atoms with E-state index in [1.54, 1.807) is 0 Å². The second kappa shape index (κ2) is 6.02. The number of thioether (sulfide) groups is 1. The number of fused-ring (bicyclic) bond motifs is 1. The molecule has 1 aliphatic rings. The van der Waals surface area contributed by atoms with Crippen molar-refractivity contribution in [2.45, 2.75) is 42.4 Å². The molecule has 1 aliphatic carbocycles. The largest absolute Gasteiger partial charge is 0.327 e. The van der Waals surface area contributed by atoms with Crippen molar-refractivity contribution in [2.75, 3.05) is 0 Å². The molecule has 2 aromatic carbocycles. The third kappa shape index (κ3) is 2.92. The smallest absolute Gasteiger partial charge is 0.0492 e. The highest BCUT2D eigenvalue weighted by molar-refractivity contribution is 7.99. The van der Waals surface area contributed by atoms with Gasteiger partial charge >= 0.3 is 0 Å². The van der Waals surface area contributed by atoms with Gasteiger partial charge in [-0.3, -0.25) is 0 Å². The van der Waals surface area contributed by atoms with Crippen LogP contribution in [0.2, 0.25) is 0 Å². The van der Waals surface area contributed by atoms with E-state index in [0.29, 0.717) is 5.25 Å². The number of rotatable bonds is 4. The standard InChI is InChI=1S/C18H21NS/c1-13(19)18(15-6-3-2-4-7-15)20-17-11-10-14-8-5-9-16(14)12-17/h2-4,6-7,10-13,18H,5,8-9,19H2,1H3.